The first-order chi connectivity index (χ1) is 10.2. The van der Waals surface area contributed by atoms with Crippen LogP contribution in [0.25, 0.3) is 0 Å². The van der Waals surface area contributed by atoms with Crippen LogP contribution < -0.4 is 0 Å². The van der Waals surface area contributed by atoms with E-state index in [1.54, 1.807) is 0 Å². The predicted molar refractivity (Wildman–Crippen MR) is 88.2 cm³/mol. The number of halogens is 3. The van der Waals surface area contributed by atoms with Crippen molar-refractivity contribution < 1.29 is 48.5 Å². The summed E-state index contributed by atoms with van der Waals surface area (Å²) in [6.45, 7) is 3.06. The Morgan fingerprint density at radius 2 is 0.917 bits per heavy atom. The number of carbonyl (C=O) groups excluding carboxylic acids is 2. The molecule has 17 heteroatoms. The van der Waals surface area contributed by atoms with Crippen LogP contribution in [0, 0.1) is 0 Å². The van der Waals surface area contributed by atoms with Crippen molar-refractivity contribution in [2.45, 2.75) is 13.8 Å². The largest absolute Gasteiger partial charge is 0.353 e. The molecule has 0 saturated heterocycles. The minimum atomic E-state index is -4.52. The molecule has 0 unspecified atom stereocenters. The van der Waals surface area contributed by atoms with Crippen LogP contribution in [-0.2, 0) is 39.2 Å². The third-order valence-electron chi connectivity index (χ3n) is 0.687. The second kappa shape index (κ2) is 15.2. The van der Waals surface area contributed by atoms with Gasteiger partial charge in [-0.3, -0.25) is 18.5 Å². The van der Waals surface area contributed by atoms with Gasteiger partial charge in [0.2, 0.25) is 0 Å². The molecule has 3 N–H and O–H groups in total. The van der Waals surface area contributed by atoms with E-state index in [0.717, 1.165) is 0 Å². The highest BCUT2D eigenvalue weighted by atomic mass is 35.7. The normalized spacial score (nSPS) is 10.7. The van der Waals surface area contributed by atoms with Crippen molar-refractivity contribution in [2.75, 3.05) is 16.8 Å². The summed E-state index contributed by atoms with van der Waals surface area (Å²) in [4.78, 5) is 19.8. The summed E-state index contributed by atoms with van der Waals surface area (Å²) in [6, 6.07) is 0. The van der Waals surface area contributed by atoms with Gasteiger partial charge in [-0.25, -0.2) is 0 Å². The Balaban J connectivity index is -0.000000137. The Labute approximate surface area is 154 Å². The third-order valence-corrected chi connectivity index (χ3v) is 2.06. The number of hydrogen-bond donors (Lipinski definition) is 3. The summed E-state index contributed by atoms with van der Waals surface area (Å²) in [5.74, 6) is -3.75. The number of rotatable bonds is 4. The highest BCUT2D eigenvalue weighted by molar-refractivity contribution is 8.09. The minimum absolute atomic E-state index is 0.167. The fourth-order valence-corrected chi connectivity index (χ4v) is 1.60. The number of alkyl halides is 2. The minimum Gasteiger partial charge on any atom is -0.300 e. The third kappa shape index (κ3) is 97.4. The fraction of sp³-hybridized carbons (Fsp3) is 0.714. The lowest BCUT2D eigenvalue weighted by molar-refractivity contribution is -0.115. The summed E-state index contributed by atoms with van der Waals surface area (Å²) >= 11 is 9.53. The molecule has 0 amide bonds. The zero-order chi connectivity index (χ0) is 20.8. The van der Waals surface area contributed by atoms with Crippen molar-refractivity contribution in [3.63, 3.8) is 0 Å². The molecule has 0 heterocycles. The van der Waals surface area contributed by atoms with Gasteiger partial charge >= 0.3 is 9.33 Å². The maximum atomic E-state index is 10.4. The Kier molecular flexibility index (Phi) is 20.1. The zero-order valence-corrected chi connectivity index (χ0v) is 16.8. The fourth-order valence-electron chi connectivity index (χ4n) is 0.449. The van der Waals surface area contributed by atoms with Crippen molar-refractivity contribution in [2.24, 2.45) is 0 Å². The van der Waals surface area contributed by atoms with Crippen LogP contribution in [0.3, 0.4) is 0 Å². The maximum absolute atomic E-state index is 10.4. The molecular weight excluding hydrogens is 463 g/mol. The van der Waals surface area contributed by atoms with Gasteiger partial charge in [-0.15, -0.1) is 23.2 Å². The SMILES string of the molecule is CC(C)=O.ClCCl.O=C(CS(=O)(=O)O)CS(=O)(=O)O.O=S(=O)(O)Cl. The van der Waals surface area contributed by atoms with Crippen LogP contribution in [0.5, 0.6) is 0 Å². The summed E-state index contributed by atoms with van der Waals surface area (Å²) in [5.41, 5.74) is 0. The second-order valence-electron chi connectivity index (χ2n) is 3.41. The molecule has 148 valence electrons. The highest BCUT2D eigenvalue weighted by Crippen LogP contribution is 1.89. The summed E-state index contributed by atoms with van der Waals surface area (Å²) in [5, 5.41) is 0.194. The predicted octanol–water partition coefficient (Wildman–Crippen LogP) is 0.376. The van der Waals surface area contributed by atoms with E-state index in [-0.39, 0.29) is 11.1 Å². The number of carbonyl (C=O) groups is 2. The van der Waals surface area contributed by atoms with Crippen LogP contribution in [0.15, 0.2) is 0 Å². The molecule has 0 aromatic heterocycles. The summed E-state index contributed by atoms with van der Waals surface area (Å²) < 4.78 is 81.2. The smallest absolute Gasteiger partial charge is 0.300 e. The van der Waals surface area contributed by atoms with Crippen molar-refractivity contribution in [1.82, 2.24) is 0 Å². The molecule has 0 aromatic rings. The molecule has 0 radical (unpaired) electrons. The van der Waals surface area contributed by atoms with Gasteiger partial charge in [0.1, 0.15) is 17.3 Å². The standard InChI is InChI=1S/C3H6O7S2.C3H6O.CH2Cl2.ClHO3S/c4-3(1-11(5,6)7)2-12(8,9)10;1-3(2)4;2-1-3;1-5(2,3)4/h1-2H2,(H,5,6,7)(H,8,9,10);1-2H3;1H2;(H,2,3,4). The topological polar surface area (TPSA) is 197 Å². The zero-order valence-electron chi connectivity index (χ0n) is 12.1. The van der Waals surface area contributed by atoms with E-state index in [0.29, 0.717) is 0 Å². The van der Waals surface area contributed by atoms with Gasteiger partial charge in [0.05, 0.1) is 5.34 Å². The molecule has 0 saturated carbocycles. The Hall–Kier alpha value is -0.0600. The molecule has 11 nitrogen and oxygen atoms in total. The first kappa shape index (κ1) is 31.7. The van der Waals surface area contributed by atoms with Gasteiger partial charge in [0.25, 0.3) is 20.2 Å². The van der Waals surface area contributed by atoms with Gasteiger partial charge in [-0.05, 0) is 13.8 Å². The molecule has 0 aliphatic rings. The molecule has 0 fully saturated rings. The molecule has 0 atom stereocenters. The first-order valence-corrected chi connectivity index (χ1v) is 11.5. The van der Waals surface area contributed by atoms with Crippen molar-refractivity contribution >= 4 is 75.0 Å². The van der Waals surface area contributed by atoms with Crippen LogP contribution in [0.2, 0.25) is 0 Å². The first-order valence-electron chi connectivity index (χ1n) is 4.93. The lowest BCUT2D eigenvalue weighted by atomic mass is 10.5. The average molecular weight is 478 g/mol. The summed E-state index contributed by atoms with van der Waals surface area (Å²) in [7, 11) is -9.18. The molecule has 0 aromatic carbocycles. The van der Waals surface area contributed by atoms with Gasteiger partial charge in [-0.1, -0.05) is 0 Å². The number of hydrogen-bond acceptors (Lipinski definition) is 8. The van der Waals surface area contributed by atoms with E-state index in [2.05, 4.69) is 10.7 Å². The van der Waals surface area contributed by atoms with Gasteiger partial charge in [0.15, 0.2) is 5.78 Å². The van der Waals surface area contributed by atoms with Crippen LogP contribution >= 0.6 is 33.9 Å². The monoisotopic (exact) mass is 476 g/mol. The van der Waals surface area contributed by atoms with Crippen LogP contribution in [0.4, 0.5) is 0 Å². The van der Waals surface area contributed by atoms with Crippen LogP contribution in [-0.4, -0.2) is 67.3 Å². The molecule has 0 aliphatic carbocycles. The molecule has 0 bridgehead atoms. The Morgan fingerprint density at radius 3 is 1.00 bits per heavy atom. The van der Waals surface area contributed by atoms with Crippen molar-refractivity contribution in [1.29, 1.82) is 0 Å². The lowest BCUT2D eigenvalue weighted by Crippen LogP contribution is -2.22. The van der Waals surface area contributed by atoms with E-state index in [4.69, 9.17) is 45.3 Å². The Morgan fingerprint density at radius 1 is 0.792 bits per heavy atom. The number of ketones is 2. The highest BCUT2D eigenvalue weighted by Gasteiger charge is 2.18. The second-order valence-corrected chi connectivity index (χ2v) is 9.12. The Bertz CT molecular complexity index is 618. The molecule has 24 heavy (non-hydrogen) atoms. The quantitative estimate of drug-likeness (QED) is 0.287. The van der Waals surface area contributed by atoms with Gasteiger partial charge < -0.3 is 4.79 Å². The van der Waals surface area contributed by atoms with Crippen LogP contribution in [0.1, 0.15) is 13.8 Å². The van der Waals surface area contributed by atoms with Crippen molar-refractivity contribution in [3.8, 4) is 0 Å². The molecule has 0 aliphatic heterocycles. The van der Waals surface area contributed by atoms with E-state index in [9.17, 15) is 26.4 Å². The van der Waals surface area contributed by atoms with E-state index >= 15 is 0 Å². The number of Topliss-reactive ketones (excluding diaryl/α,β-unsaturated/α-hetero) is 2. The summed E-state index contributed by atoms with van der Waals surface area (Å²) in [6.07, 6.45) is 0. The van der Waals surface area contributed by atoms with E-state index in [1.165, 1.54) is 13.8 Å². The molecule has 0 rings (SSSR count). The lowest BCUT2D eigenvalue weighted by Gasteiger charge is -1.94. The van der Waals surface area contributed by atoms with E-state index < -0.39 is 46.9 Å². The van der Waals surface area contributed by atoms with E-state index in [1.807, 2.05) is 0 Å². The van der Waals surface area contributed by atoms with Crippen molar-refractivity contribution in [3.05, 3.63) is 0 Å². The molecular formula is C7H15Cl3O11S3. The average Bonchev–Trinajstić information content (AvgIpc) is 2.06. The maximum Gasteiger partial charge on any atom is 0.353 e. The molecule has 0 spiro atoms. The van der Waals surface area contributed by atoms with Gasteiger partial charge in [0, 0.05) is 10.7 Å². The van der Waals surface area contributed by atoms with Gasteiger partial charge in [-0.2, -0.15) is 25.3 Å².